The van der Waals surface area contributed by atoms with Gasteiger partial charge in [0.25, 0.3) is 0 Å². The number of benzene rings is 1. The minimum Gasteiger partial charge on any atom is -0.358 e. The summed E-state index contributed by atoms with van der Waals surface area (Å²) >= 11 is 2.77. The maximum absolute atomic E-state index is 11.9. The van der Waals surface area contributed by atoms with Gasteiger partial charge >= 0.3 is 0 Å². The van der Waals surface area contributed by atoms with Crippen LogP contribution in [0.5, 0.6) is 0 Å². The summed E-state index contributed by atoms with van der Waals surface area (Å²) in [6.07, 6.45) is 1.27. The average Bonchev–Trinajstić information content (AvgIpc) is 2.96. The van der Waals surface area contributed by atoms with E-state index < -0.39 is 0 Å². The van der Waals surface area contributed by atoms with Crippen LogP contribution in [-0.4, -0.2) is 29.6 Å². The van der Waals surface area contributed by atoms with E-state index >= 15 is 0 Å². The summed E-state index contributed by atoms with van der Waals surface area (Å²) in [7, 11) is 1.61. The van der Waals surface area contributed by atoms with Crippen LogP contribution in [0, 0.1) is 0 Å². The van der Waals surface area contributed by atoms with Crippen molar-refractivity contribution < 1.29 is 9.59 Å². The van der Waals surface area contributed by atoms with Crippen LogP contribution in [0.1, 0.15) is 19.8 Å². The molecule has 0 radical (unpaired) electrons. The number of anilines is 1. The molecule has 0 atom stereocenters. The van der Waals surface area contributed by atoms with Gasteiger partial charge in [-0.15, -0.1) is 0 Å². The smallest absolute Gasteiger partial charge is 0.230 e. The summed E-state index contributed by atoms with van der Waals surface area (Å²) < 4.78 is 0.763. The van der Waals surface area contributed by atoms with Gasteiger partial charge < -0.3 is 10.6 Å². The van der Waals surface area contributed by atoms with Crippen LogP contribution in [0.4, 0.5) is 5.00 Å². The van der Waals surface area contributed by atoms with Crippen molar-refractivity contribution in [2.24, 2.45) is 0 Å². The van der Waals surface area contributed by atoms with Gasteiger partial charge in [-0.3, -0.25) is 9.59 Å². The van der Waals surface area contributed by atoms with Crippen LogP contribution in [0.15, 0.2) is 34.7 Å². The number of nitrogens with one attached hydrogen (secondary N) is 2. The van der Waals surface area contributed by atoms with Crippen molar-refractivity contribution in [2.45, 2.75) is 24.1 Å². The maximum Gasteiger partial charge on any atom is 0.230 e. The number of carbonyl (C=O) groups excluding carboxylic acids is 2. The summed E-state index contributed by atoms with van der Waals surface area (Å²) in [6, 6.07) is 9.72. The summed E-state index contributed by atoms with van der Waals surface area (Å²) in [5, 5.41) is 6.25. The predicted molar refractivity (Wildman–Crippen MR) is 95.9 cm³/mol. The molecule has 122 valence electrons. The molecule has 0 aliphatic carbocycles. The number of carbonyl (C=O) groups is 2. The largest absolute Gasteiger partial charge is 0.358 e. The number of amides is 2. The lowest BCUT2D eigenvalue weighted by Crippen LogP contribution is -2.19. The van der Waals surface area contributed by atoms with Crippen molar-refractivity contribution in [1.82, 2.24) is 10.3 Å². The Hall–Kier alpha value is -1.86. The van der Waals surface area contributed by atoms with E-state index in [1.807, 2.05) is 37.3 Å². The second-order valence-electron chi connectivity index (χ2n) is 4.78. The minimum atomic E-state index is -0.0528. The first-order valence-corrected chi connectivity index (χ1v) is 9.13. The molecule has 0 unspecified atom stereocenters. The summed E-state index contributed by atoms with van der Waals surface area (Å²) in [6.45, 7) is 1.97. The molecule has 1 aromatic heterocycles. The van der Waals surface area contributed by atoms with Crippen molar-refractivity contribution in [3.05, 3.63) is 30.3 Å². The van der Waals surface area contributed by atoms with Crippen molar-refractivity contribution >= 4 is 39.9 Å². The lowest BCUT2D eigenvalue weighted by molar-refractivity contribution is -0.118. The molecule has 0 aliphatic rings. The molecule has 0 spiro atoms. The van der Waals surface area contributed by atoms with E-state index in [1.165, 1.54) is 23.1 Å². The van der Waals surface area contributed by atoms with E-state index in [-0.39, 0.29) is 11.8 Å². The van der Waals surface area contributed by atoms with Gasteiger partial charge in [-0.2, -0.15) is 0 Å². The molecule has 0 saturated heterocycles. The van der Waals surface area contributed by atoms with Crippen molar-refractivity contribution in [3.8, 4) is 11.3 Å². The van der Waals surface area contributed by atoms with E-state index in [2.05, 4.69) is 15.6 Å². The first kappa shape index (κ1) is 17.5. The highest BCUT2D eigenvalue weighted by atomic mass is 32.2. The van der Waals surface area contributed by atoms with Crippen LogP contribution >= 0.6 is 23.1 Å². The highest BCUT2D eigenvalue weighted by Crippen LogP contribution is 2.37. The third-order valence-corrected chi connectivity index (χ3v) is 5.10. The Morgan fingerprint density at radius 2 is 1.96 bits per heavy atom. The second-order valence-corrected chi connectivity index (χ2v) is 7.01. The van der Waals surface area contributed by atoms with Crippen molar-refractivity contribution in [2.75, 3.05) is 18.1 Å². The van der Waals surface area contributed by atoms with E-state index in [0.717, 1.165) is 27.0 Å². The third-order valence-electron chi connectivity index (χ3n) is 2.99. The van der Waals surface area contributed by atoms with Crippen molar-refractivity contribution in [1.29, 1.82) is 0 Å². The molecule has 2 aromatic rings. The zero-order chi connectivity index (χ0) is 16.7. The zero-order valence-corrected chi connectivity index (χ0v) is 14.7. The minimum absolute atomic E-state index is 0.0174. The first-order valence-electron chi connectivity index (χ1n) is 7.33. The monoisotopic (exact) mass is 349 g/mol. The lowest BCUT2D eigenvalue weighted by Gasteiger charge is -2.04. The Kier molecular flexibility index (Phi) is 6.61. The summed E-state index contributed by atoms with van der Waals surface area (Å²) in [4.78, 5) is 27.9. The molecule has 2 N–H and O–H groups in total. The SMILES string of the molecule is CCCC(=O)Nc1sc(SCC(=O)NC)nc1-c1ccccc1. The first-order chi connectivity index (χ1) is 11.1. The number of thiazole rings is 1. The van der Waals surface area contributed by atoms with Gasteiger partial charge in [0.2, 0.25) is 11.8 Å². The number of nitrogens with zero attached hydrogens (tertiary/aromatic N) is 1. The fraction of sp³-hybridized carbons (Fsp3) is 0.312. The van der Waals surface area contributed by atoms with E-state index in [1.54, 1.807) is 7.05 Å². The van der Waals surface area contributed by atoms with Crippen LogP contribution in [0.2, 0.25) is 0 Å². The fourth-order valence-corrected chi connectivity index (χ4v) is 3.81. The quantitative estimate of drug-likeness (QED) is 0.752. The topological polar surface area (TPSA) is 71.1 Å². The molecule has 2 amide bonds. The second kappa shape index (κ2) is 8.69. The van der Waals surface area contributed by atoms with Gasteiger partial charge in [-0.1, -0.05) is 60.4 Å². The maximum atomic E-state index is 11.9. The van der Waals surface area contributed by atoms with E-state index in [4.69, 9.17) is 0 Å². The summed E-state index contributed by atoms with van der Waals surface area (Å²) in [5.74, 6) is 0.236. The van der Waals surface area contributed by atoms with Gasteiger partial charge in [0, 0.05) is 19.0 Å². The van der Waals surface area contributed by atoms with Gasteiger partial charge in [-0.05, 0) is 6.42 Å². The standard InChI is InChI=1S/C16H19N3O2S2/c1-3-7-12(20)18-15-14(11-8-5-4-6-9-11)19-16(23-15)22-10-13(21)17-2/h4-6,8-9H,3,7,10H2,1-2H3,(H,17,21)(H,18,20). The van der Waals surface area contributed by atoms with Gasteiger partial charge in [0.15, 0.2) is 4.34 Å². The lowest BCUT2D eigenvalue weighted by atomic mass is 10.2. The van der Waals surface area contributed by atoms with Crippen LogP contribution < -0.4 is 10.6 Å². The Morgan fingerprint density at radius 1 is 1.22 bits per heavy atom. The van der Waals surface area contributed by atoms with Gasteiger partial charge in [0.1, 0.15) is 10.7 Å². The summed E-state index contributed by atoms with van der Waals surface area (Å²) in [5.41, 5.74) is 1.70. The highest BCUT2D eigenvalue weighted by Gasteiger charge is 2.16. The normalized spacial score (nSPS) is 10.3. The number of hydrogen-bond donors (Lipinski definition) is 2. The van der Waals surface area contributed by atoms with Crippen LogP contribution in [-0.2, 0) is 9.59 Å². The molecule has 23 heavy (non-hydrogen) atoms. The number of rotatable bonds is 7. The molecule has 1 heterocycles. The molecule has 0 aliphatic heterocycles. The van der Waals surface area contributed by atoms with Crippen LogP contribution in [0.3, 0.4) is 0 Å². The Morgan fingerprint density at radius 3 is 2.61 bits per heavy atom. The molecule has 1 aromatic carbocycles. The fourth-order valence-electron chi connectivity index (χ4n) is 1.85. The zero-order valence-electron chi connectivity index (χ0n) is 13.1. The highest BCUT2D eigenvalue weighted by molar-refractivity contribution is 8.01. The molecule has 2 rings (SSSR count). The molecular formula is C16H19N3O2S2. The molecule has 7 heteroatoms. The number of hydrogen-bond acceptors (Lipinski definition) is 5. The average molecular weight is 349 g/mol. The van der Waals surface area contributed by atoms with Crippen molar-refractivity contribution in [3.63, 3.8) is 0 Å². The number of thioether (sulfide) groups is 1. The van der Waals surface area contributed by atoms with Gasteiger partial charge in [0.05, 0.1) is 5.75 Å². The molecule has 0 bridgehead atoms. The van der Waals surface area contributed by atoms with E-state index in [0.29, 0.717) is 12.2 Å². The molecule has 0 saturated carbocycles. The predicted octanol–water partition coefficient (Wildman–Crippen LogP) is 3.39. The Balaban J connectivity index is 2.24. The van der Waals surface area contributed by atoms with E-state index in [9.17, 15) is 9.59 Å². The van der Waals surface area contributed by atoms with Crippen LogP contribution in [0.25, 0.3) is 11.3 Å². The third kappa shape index (κ3) is 5.07. The van der Waals surface area contributed by atoms with Gasteiger partial charge in [-0.25, -0.2) is 4.98 Å². The Labute approximate surface area is 143 Å². The number of aromatic nitrogens is 1. The molecule has 5 nitrogen and oxygen atoms in total. The molecular weight excluding hydrogens is 330 g/mol. The molecule has 0 fully saturated rings. The Bertz CT molecular complexity index is 671.